The lowest BCUT2D eigenvalue weighted by atomic mass is 10.1. The molecule has 0 spiro atoms. The zero-order chi connectivity index (χ0) is 24.8. The van der Waals surface area contributed by atoms with Crippen molar-refractivity contribution in [2.45, 2.75) is 19.3 Å². The molecule has 0 aliphatic rings. The van der Waals surface area contributed by atoms with Crippen LogP contribution in [0.2, 0.25) is 0 Å². The number of anilines is 2. The highest BCUT2D eigenvalue weighted by Crippen LogP contribution is 2.24. The van der Waals surface area contributed by atoms with Crippen molar-refractivity contribution in [3.63, 3.8) is 0 Å². The van der Waals surface area contributed by atoms with E-state index in [-0.39, 0.29) is 12.5 Å². The van der Waals surface area contributed by atoms with Crippen LogP contribution in [0.3, 0.4) is 0 Å². The molecule has 0 aliphatic carbocycles. The molecule has 5 heteroatoms. The second kappa shape index (κ2) is 13.6. The van der Waals surface area contributed by atoms with Crippen LogP contribution in [0.4, 0.5) is 11.4 Å². The Balaban J connectivity index is 1.18. The van der Waals surface area contributed by atoms with E-state index in [9.17, 15) is 4.79 Å². The first-order chi connectivity index (χ1) is 17.8. The number of hydrogen-bond acceptors (Lipinski definition) is 4. The zero-order valence-corrected chi connectivity index (χ0v) is 20.4. The van der Waals surface area contributed by atoms with Gasteiger partial charge >= 0.3 is 0 Å². The summed E-state index contributed by atoms with van der Waals surface area (Å²) in [4.78, 5) is 12.5. The fourth-order valence-electron chi connectivity index (χ4n) is 3.79. The van der Waals surface area contributed by atoms with Gasteiger partial charge < -0.3 is 20.1 Å². The van der Waals surface area contributed by atoms with E-state index in [0.717, 1.165) is 42.1 Å². The van der Waals surface area contributed by atoms with Crippen LogP contribution >= 0.6 is 0 Å². The summed E-state index contributed by atoms with van der Waals surface area (Å²) in [5.74, 6) is 1.39. The summed E-state index contributed by atoms with van der Waals surface area (Å²) in [7, 11) is 0. The van der Waals surface area contributed by atoms with Crippen molar-refractivity contribution >= 4 is 17.3 Å². The largest absolute Gasteiger partial charge is 0.493 e. The van der Waals surface area contributed by atoms with Crippen LogP contribution in [0, 0.1) is 0 Å². The second-order valence-corrected chi connectivity index (χ2v) is 8.44. The summed E-state index contributed by atoms with van der Waals surface area (Å²) >= 11 is 0. The molecule has 2 N–H and O–H groups in total. The molecule has 0 radical (unpaired) electrons. The summed E-state index contributed by atoms with van der Waals surface area (Å²) in [6.07, 6.45) is 2.74. The van der Waals surface area contributed by atoms with Gasteiger partial charge in [-0.2, -0.15) is 0 Å². The molecule has 0 saturated carbocycles. The van der Waals surface area contributed by atoms with Gasteiger partial charge in [-0.1, -0.05) is 72.8 Å². The minimum atomic E-state index is -0.133. The average Bonchev–Trinajstić information content (AvgIpc) is 2.93. The SMILES string of the molecule is O=C(CNc1ccccc1OCCCc1ccccc1)Nc1ccc(OCCc2ccccc2)cc1. The third kappa shape index (κ3) is 8.20. The monoisotopic (exact) mass is 480 g/mol. The molecule has 0 heterocycles. The maximum absolute atomic E-state index is 12.5. The highest BCUT2D eigenvalue weighted by atomic mass is 16.5. The van der Waals surface area contributed by atoms with Crippen molar-refractivity contribution in [2.75, 3.05) is 30.4 Å². The summed E-state index contributed by atoms with van der Waals surface area (Å²) in [5, 5.41) is 6.10. The van der Waals surface area contributed by atoms with Crippen molar-refractivity contribution in [3.05, 3.63) is 120 Å². The van der Waals surface area contributed by atoms with Gasteiger partial charge in [-0.3, -0.25) is 4.79 Å². The summed E-state index contributed by atoms with van der Waals surface area (Å²) in [6.45, 7) is 1.35. The Kier molecular flexibility index (Phi) is 9.39. The van der Waals surface area contributed by atoms with Crippen molar-refractivity contribution in [2.24, 2.45) is 0 Å². The molecule has 184 valence electrons. The molecular formula is C31H32N2O3. The van der Waals surface area contributed by atoms with Gasteiger partial charge in [0.05, 0.1) is 25.4 Å². The number of benzene rings is 4. The maximum Gasteiger partial charge on any atom is 0.243 e. The van der Waals surface area contributed by atoms with Crippen LogP contribution < -0.4 is 20.1 Å². The van der Waals surface area contributed by atoms with Crippen LogP contribution in [0.15, 0.2) is 109 Å². The van der Waals surface area contributed by atoms with Crippen molar-refractivity contribution in [1.29, 1.82) is 0 Å². The van der Waals surface area contributed by atoms with Crippen molar-refractivity contribution in [1.82, 2.24) is 0 Å². The minimum Gasteiger partial charge on any atom is -0.493 e. The molecule has 5 nitrogen and oxygen atoms in total. The maximum atomic E-state index is 12.5. The molecule has 0 aliphatic heterocycles. The Morgan fingerprint density at radius 1 is 0.639 bits per heavy atom. The molecule has 1 amide bonds. The predicted octanol–water partition coefficient (Wildman–Crippen LogP) is 6.37. The number of carbonyl (C=O) groups is 1. The standard InChI is InChI=1S/C31H32N2O3/c34-31(33-27-17-19-28(20-18-27)35-23-21-26-12-5-2-6-13-26)24-32-29-15-7-8-16-30(29)36-22-9-14-25-10-3-1-4-11-25/h1-8,10-13,15-20,32H,9,14,21-24H2,(H,33,34). The minimum absolute atomic E-state index is 0.133. The van der Waals surface area contributed by atoms with Gasteiger partial charge in [0.2, 0.25) is 5.91 Å². The van der Waals surface area contributed by atoms with E-state index in [1.165, 1.54) is 11.1 Å². The first-order valence-electron chi connectivity index (χ1n) is 12.3. The Labute approximate surface area is 213 Å². The molecule has 4 rings (SSSR count). The lowest BCUT2D eigenvalue weighted by Gasteiger charge is -2.13. The van der Waals surface area contributed by atoms with E-state index in [0.29, 0.717) is 13.2 Å². The lowest BCUT2D eigenvalue weighted by Crippen LogP contribution is -2.22. The molecule has 0 unspecified atom stereocenters. The number of carbonyl (C=O) groups excluding carboxylic acids is 1. The van der Waals surface area contributed by atoms with Crippen LogP contribution in [-0.2, 0) is 17.6 Å². The number of nitrogens with one attached hydrogen (secondary N) is 2. The van der Waals surface area contributed by atoms with Crippen LogP contribution in [-0.4, -0.2) is 25.7 Å². The van der Waals surface area contributed by atoms with E-state index in [1.54, 1.807) is 0 Å². The topological polar surface area (TPSA) is 59.6 Å². The molecular weight excluding hydrogens is 448 g/mol. The van der Waals surface area contributed by atoms with Gasteiger partial charge in [0.25, 0.3) is 0 Å². The second-order valence-electron chi connectivity index (χ2n) is 8.44. The molecule has 4 aromatic rings. The van der Waals surface area contributed by atoms with E-state index < -0.39 is 0 Å². The number of rotatable bonds is 13. The fraction of sp³-hybridized carbons (Fsp3) is 0.194. The van der Waals surface area contributed by atoms with Crippen molar-refractivity contribution in [3.8, 4) is 11.5 Å². The van der Waals surface area contributed by atoms with E-state index >= 15 is 0 Å². The third-order valence-electron chi connectivity index (χ3n) is 5.68. The van der Waals surface area contributed by atoms with Gasteiger partial charge in [-0.15, -0.1) is 0 Å². The number of para-hydroxylation sites is 2. The first kappa shape index (κ1) is 24.9. The van der Waals surface area contributed by atoms with Gasteiger partial charge in [0, 0.05) is 12.1 Å². The smallest absolute Gasteiger partial charge is 0.243 e. The predicted molar refractivity (Wildman–Crippen MR) is 146 cm³/mol. The molecule has 0 aromatic heterocycles. The van der Waals surface area contributed by atoms with Gasteiger partial charge in [-0.25, -0.2) is 0 Å². The number of amides is 1. The van der Waals surface area contributed by atoms with Gasteiger partial charge in [-0.05, 0) is 60.4 Å². The van der Waals surface area contributed by atoms with E-state index in [1.807, 2.05) is 72.8 Å². The quantitative estimate of drug-likeness (QED) is 0.218. The highest BCUT2D eigenvalue weighted by Gasteiger charge is 2.07. The molecule has 4 aromatic carbocycles. The van der Waals surface area contributed by atoms with E-state index in [4.69, 9.17) is 9.47 Å². The number of hydrogen-bond donors (Lipinski definition) is 2. The molecule has 0 saturated heterocycles. The molecule has 0 bridgehead atoms. The zero-order valence-electron chi connectivity index (χ0n) is 20.4. The fourth-order valence-corrected chi connectivity index (χ4v) is 3.79. The molecule has 36 heavy (non-hydrogen) atoms. The van der Waals surface area contributed by atoms with Gasteiger partial charge in [0.15, 0.2) is 0 Å². The van der Waals surface area contributed by atoms with Crippen LogP contribution in [0.1, 0.15) is 17.5 Å². The van der Waals surface area contributed by atoms with Crippen molar-refractivity contribution < 1.29 is 14.3 Å². The third-order valence-corrected chi connectivity index (χ3v) is 5.68. The normalized spacial score (nSPS) is 10.4. The lowest BCUT2D eigenvalue weighted by molar-refractivity contribution is -0.114. The highest BCUT2D eigenvalue weighted by molar-refractivity contribution is 5.94. The summed E-state index contributed by atoms with van der Waals surface area (Å²) in [5.41, 5.74) is 4.07. The number of ether oxygens (including phenoxy) is 2. The van der Waals surface area contributed by atoms with E-state index in [2.05, 4.69) is 47.0 Å². The van der Waals surface area contributed by atoms with Gasteiger partial charge in [0.1, 0.15) is 11.5 Å². The first-order valence-corrected chi connectivity index (χ1v) is 12.3. The molecule has 0 atom stereocenters. The summed E-state index contributed by atoms with van der Waals surface area (Å²) < 4.78 is 11.8. The number of aryl methyl sites for hydroxylation is 1. The Morgan fingerprint density at radius 3 is 2.00 bits per heavy atom. The average molecular weight is 481 g/mol. The Morgan fingerprint density at radius 2 is 1.28 bits per heavy atom. The molecule has 0 fully saturated rings. The Hall–Kier alpha value is -4.25. The van der Waals surface area contributed by atoms with Crippen LogP contribution in [0.5, 0.6) is 11.5 Å². The van der Waals surface area contributed by atoms with Crippen LogP contribution in [0.25, 0.3) is 0 Å². The summed E-state index contributed by atoms with van der Waals surface area (Å²) in [6, 6.07) is 35.7. The Bertz CT molecular complexity index is 1200.